The summed E-state index contributed by atoms with van der Waals surface area (Å²) < 4.78 is 5.83. The number of amides is 3. The van der Waals surface area contributed by atoms with E-state index < -0.39 is 0 Å². The van der Waals surface area contributed by atoms with Crippen molar-refractivity contribution in [2.45, 2.75) is 40.5 Å². The summed E-state index contributed by atoms with van der Waals surface area (Å²) in [6.07, 6.45) is 1.44. The van der Waals surface area contributed by atoms with E-state index in [1.54, 1.807) is 0 Å². The Labute approximate surface area is 162 Å². The number of benzene rings is 1. The van der Waals surface area contributed by atoms with Crippen molar-refractivity contribution < 1.29 is 14.3 Å². The molecule has 27 heavy (non-hydrogen) atoms. The summed E-state index contributed by atoms with van der Waals surface area (Å²) in [5, 5.41) is 2.97. The third-order valence-corrected chi connectivity index (χ3v) is 5.23. The number of hydrogen-bond donors (Lipinski definition) is 1. The van der Waals surface area contributed by atoms with Gasteiger partial charge in [-0.15, -0.1) is 0 Å². The van der Waals surface area contributed by atoms with Gasteiger partial charge in [0.2, 0.25) is 5.91 Å². The molecule has 0 aliphatic carbocycles. The molecule has 0 aromatic heterocycles. The van der Waals surface area contributed by atoms with Crippen LogP contribution in [0.15, 0.2) is 18.2 Å². The molecule has 0 bridgehead atoms. The first-order valence-corrected chi connectivity index (χ1v) is 9.98. The number of piperidine rings is 1. The smallest absolute Gasteiger partial charge is 0.319 e. The van der Waals surface area contributed by atoms with Gasteiger partial charge in [-0.3, -0.25) is 4.79 Å². The van der Waals surface area contributed by atoms with Crippen LogP contribution in [0, 0.1) is 19.8 Å². The molecule has 6 nitrogen and oxygen atoms in total. The van der Waals surface area contributed by atoms with Gasteiger partial charge < -0.3 is 19.9 Å². The molecule has 0 radical (unpaired) electrons. The second-order valence-corrected chi connectivity index (χ2v) is 7.08. The van der Waals surface area contributed by atoms with Crippen molar-refractivity contribution in [1.29, 1.82) is 0 Å². The minimum atomic E-state index is -0.0223. The zero-order chi connectivity index (χ0) is 19.8. The molecule has 1 aliphatic rings. The van der Waals surface area contributed by atoms with Crippen LogP contribution in [0.1, 0.15) is 37.8 Å². The number of para-hydroxylation sites is 1. The van der Waals surface area contributed by atoms with Crippen molar-refractivity contribution in [3.63, 3.8) is 0 Å². The Morgan fingerprint density at radius 2 is 1.74 bits per heavy atom. The molecular formula is C21H33N3O3. The summed E-state index contributed by atoms with van der Waals surface area (Å²) in [5.74, 6) is 0.941. The van der Waals surface area contributed by atoms with E-state index in [0.717, 1.165) is 42.8 Å². The Balaban J connectivity index is 1.71. The standard InChI is InChI=1S/C21H33N3O3/c1-5-23(6-2)21(26)24-13-10-18(11-14-24)20(25)22-12-15-27-19-16(3)8-7-9-17(19)4/h7-9,18H,5-6,10-15H2,1-4H3,(H,22,25). The normalized spacial score (nSPS) is 14.7. The number of likely N-dealkylation sites (tertiary alicyclic amines) is 1. The van der Waals surface area contributed by atoms with E-state index in [1.165, 1.54) is 0 Å². The van der Waals surface area contributed by atoms with Crippen molar-refractivity contribution in [2.24, 2.45) is 5.92 Å². The number of nitrogens with one attached hydrogen (secondary N) is 1. The highest BCUT2D eigenvalue weighted by molar-refractivity contribution is 5.79. The van der Waals surface area contributed by atoms with Gasteiger partial charge in [0, 0.05) is 32.1 Å². The minimum absolute atomic E-state index is 0.0223. The zero-order valence-electron chi connectivity index (χ0n) is 17.1. The van der Waals surface area contributed by atoms with E-state index in [2.05, 4.69) is 5.32 Å². The Kier molecular flexibility index (Phi) is 7.95. The van der Waals surface area contributed by atoms with Crippen molar-refractivity contribution in [2.75, 3.05) is 39.3 Å². The Morgan fingerprint density at radius 1 is 1.15 bits per heavy atom. The van der Waals surface area contributed by atoms with E-state index in [-0.39, 0.29) is 17.9 Å². The Morgan fingerprint density at radius 3 is 2.30 bits per heavy atom. The van der Waals surface area contributed by atoms with Crippen LogP contribution in [0.25, 0.3) is 0 Å². The molecule has 1 saturated heterocycles. The lowest BCUT2D eigenvalue weighted by atomic mass is 9.96. The molecular weight excluding hydrogens is 342 g/mol. The summed E-state index contributed by atoms with van der Waals surface area (Å²) in [4.78, 5) is 28.4. The summed E-state index contributed by atoms with van der Waals surface area (Å²) >= 11 is 0. The second-order valence-electron chi connectivity index (χ2n) is 7.08. The number of urea groups is 1. The molecule has 1 aromatic rings. The molecule has 1 fully saturated rings. The number of aryl methyl sites for hydroxylation is 2. The first-order valence-electron chi connectivity index (χ1n) is 9.98. The van der Waals surface area contributed by atoms with E-state index >= 15 is 0 Å². The number of nitrogens with zero attached hydrogens (tertiary/aromatic N) is 2. The van der Waals surface area contributed by atoms with Crippen LogP contribution >= 0.6 is 0 Å². The topological polar surface area (TPSA) is 61.9 Å². The quantitative estimate of drug-likeness (QED) is 0.745. The van der Waals surface area contributed by atoms with Gasteiger partial charge in [0.1, 0.15) is 12.4 Å². The fraction of sp³-hybridized carbons (Fsp3) is 0.619. The lowest BCUT2D eigenvalue weighted by Crippen LogP contribution is -2.48. The van der Waals surface area contributed by atoms with Crippen LogP contribution in [-0.4, -0.2) is 61.1 Å². The number of carbonyl (C=O) groups is 2. The molecule has 1 heterocycles. The second kappa shape index (κ2) is 10.2. The van der Waals surface area contributed by atoms with Gasteiger partial charge in [-0.05, 0) is 51.7 Å². The molecule has 1 N–H and O–H groups in total. The minimum Gasteiger partial charge on any atom is -0.491 e. The summed E-state index contributed by atoms with van der Waals surface area (Å²) in [5.41, 5.74) is 2.21. The van der Waals surface area contributed by atoms with Crippen LogP contribution in [0.3, 0.4) is 0 Å². The maximum atomic E-state index is 12.4. The first-order chi connectivity index (χ1) is 13.0. The van der Waals surface area contributed by atoms with Gasteiger partial charge in [0.15, 0.2) is 0 Å². The van der Waals surface area contributed by atoms with Crippen LogP contribution in [0.2, 0.25) is 0 Å². The Hall–Kier alpha value is -2.24. The molecule has 150 valence electrons. The third-order valence-electron chi connectivity index (χ3n) is 5.23. The highest BCUT2D eigenvalue weighted by Gasteiger charge is 2.28. The molecule has 1 aliphatic heterocycles. The Bertz CT molecular complexity index is 615. The van der Waals surface area contributed by atoms with E-state index in [0.29, 0.717) is 26.2 Å². The average molecular weight is 376 g/mol. The molecule has 0 spiro atoms. The predicted molar refractivity (Wildman–Crippen MR) is 107 cm³/mol. The molecule has 0 atom stereocenters. The fourth-order valence-corrected chi connectivity index (χ4v) is 3.53. The predicted octanol–water partition coefficient (Wildman–Crippen LogP) is 2.97. The van der Waals surface area contributed by atoms with E-state index in [9.17, 15) is 9.59 Å². The summed E-state index contributed by atoms with van der Waals surface area (Å²) in [6, 6.07) is 6.14. The third kappa shape index (κ3) is 5.62. The molecule has 0 saturated carbocycles. The van der Waals surface area contributed by atoms with Crippen LogP contribution in [0.4, 0.5) is 4.79 Å². The molecule has 2 rings (SSSR count). The van der Waals surface area contributed by atoms with Crippen molar-refractivity contribution in [3.05, 3.63) is 29.3 Å². The van der Waals surface area contributed by atoms with Crippen molar-refractivity contribution >= 4 is 11.9 Å². The maximum absolute atomic E-state index is 12.4. The monoisotopic (exact) mass is 375 g/mol. The largest absolute Gasteiger partial charge is 0.491 e. The van der Waals surface area contributed by atoms with Crippen molar-refractivity contribution in [3.8, 4) is 5.75 Å². The highest BCUT2D eigenvalue weighted by Crippen LogP contribution is 2.22. The number of ether oxygens (including phenoxy) is 1. The SMILES string of the molecule is CCN(CC)C(=O)N1CCC(C(=O)NCCOc2c(C)cccc2C)CC1. The van der Waals surface area contributed by atoms with Crippen LogP contribution in [-0.2, 0) is 4.79 Å². The van der Waals surface area contributed by atoms with E-state index in [1.807, 2.05) is 55.7 Å². The average Bonchev–Trinajstić information content (AvgIpc) is 2.68. The van der Waals surface area contributed by atoms with E-state index in [4.69, 9.17) is 4.74 Å². The molecule has 1 aromatic carbocycles. The van der Waals surface area contributed by atoms with Gasteiger partial charge in [0.25, 0.3) is 0 Å². The van der Waals surface area contributed by atoms with Gasteiger partial charge in [-0.2, -0.15) is 0 Å². The first kappa shape index (κ1) is 21.1. The van der Waals surface area contributed by atoms with Gasteiger partial charge >= 0.3 is 6.03 Å². The fourth-order valence-electron chi connectivity index (χ4n) is 3.53. The zero-order valence-corrected chi connectivity index (χ0v) is 17.1. The summed E-state index contributed by atoms with van der Waals surface area (Å²) in [7, 11) is 0. The maximum Gasteiger partial charge on any atom is 0.319 e. The van der Waals surface area contributed by atoms with Gasteiger partial charge in [0.05, 0.1) is 6.54 Å². The molecule has 6 heteroatoms. The summed E-state index contributed by atoms with van der Waals surface area (Å²) in [6.45, 7) is 11.7. The molecule has 0 unspecified atom stereocenters. The molecule has 3 amide bonds. The number of hydrogen-bond acceptors (Lipinski definition) is 3. The number of rotatable bonds is 7. The lowest BCUT2D eigenvalue weighted by Gasteiger charge is -2.34. The van der Waals surface area contributed by atoms with Gasteiger partial charge in [-0.25, -0.2) is 4.79 Å². The van der Waals surface area contributed by atoms with Gasteiger partial charge in [-0.1, -0.05) is 18.2 Å². The number of carbonyl (C=O) groups excluding carboxylic acids is 2. The van der Waals surface area contributed by atoms with Crippen LogP contribution in [0.5, 0.6) is 5.75 Å². The van der Waals surface area contributed by atoms with Crippen molar-refractivity contribution in [1.82, 2.24) is 15.1 Å². The highest BCUT2D eigenvalue weighted by atomic mass is 16.5. The van der Waals surface area contributed by atoms with Crippen LogP contribution < -0.4 is 10.1 Å². The lowest BCUT2D eigenvalue weighted by molar-refractivity contribution is -0.126.